The van der Waals surface area contributed by atoms with E-state index in [9.17, 15) is 0 Å². The molecule has 2 N–H and O–H groups in total. The SMILES string of the molecule is Cc1cc(COc2c(Br)cc(CCN)cc2Br)on1. The maximum atomic E-state index is 5.74. The first-order valence-corrected chi connectivity index (χ1v) is 7.41. The smallest absolute Gasteiger partial charge is 0.174 e. The van der Waals surface area contributed by atoms with E-state index in [1.54, 1.807) is 0 Å². The lowest BCUT2D eigenvalue weighted by molar-refractivity contribution is 0.246. The molecule has 0 bridgehead atoms. The Morgan fingerprint density at radius 1 is 1.26 bits per heavy atom. The fourth-order valence-corrected chi connectivity index (χ4v) is 3.20. The monoisotopic (exact) mass is 388 g/mol. The van der Waals surface area contributed by atoms with Crippen LogP contribution in [0.3, 0.4) is 0 Å². The molecule has 1 aromatic carbocycles. The molecule has 0 saturated heterocycles. The summed E-state index contributed by atoms with van der Waals surface area (Å²) in [4.78, 5) is 0. The average Bonchev–Trinajstić information content (AvgIpc) is 2.74. The van der Waals surface area contributed by atoms with E-state index in [-0.39, 0.29) is 0 Å². The Morgan fingerprint density at radius 3 is 2.47 bits per heavy atom. The van der Waals surface area contributed by atoms with Crippen molar-refractivity contribution in [2.45, 2.75) is 20.0 Å². The molecular weight excluding hydrogens is 376 g/mol. The lowest BCUT2D eigenvalue weighted by Gasteiger charge is -2.11. The van der Waals surface area contributed by atoms with Crippen LogP contribution in [0.1, 0.15) is 17.0 Å². The normalized spacial score (nSPS) is 10.7. The van der Waals surface area contributed by atoms with E-state index in [0.717, 1.165) is 32.4 Å². The summed E-state index contributed by atoms with van der Waals surface area (Å²) < 4.78 is 12.6. The lowest BCUT2D eigenvalue weighted by atomic mass is 10.1. The number of nitrogens with two attached hydrogens (primary N) is 1. The van der Waals surface area contributed by atoms with E-state index in [1.165, 1.54) is 0 Å². The highest BCUT2D eigenvalue weighted by molar-refractivity contribution is 9.11. The highest BCUT2D eigenvalue weighted by Crippen LogP contribution is 2.35. The number of nitrogens with zero attached hydrogens (tertiary/aromatic N) is 1. The van der Waals surface area contributed by atoms with Gasteiger partial charge in [0.2, 0.25) is 0 Å². The molecule has 4 nitrogen and oxygen atoms in total. The fraction of sp³-hybridized carbons (Fsp3) is 0.308. The van der Waals surface area contributed by atoms with Gasteiger partial charge in [0.15, 0.2) is 5.76 Å². The van der Waals surface area contributed by atoms with Gasteiger partial charge in [-0.1, -0.05) is 5.16 Å². The molecule has 2 rings (SSSR count). The van der Waals surface area contributed by atoms with Crippen LogP contribution in [0, 0.1) is 6.92 Å². The molecule has 1 aromatic heterocycles. The highest BCUT2D eigenvalue weighted by atomic mass is 79.9. The van der Waals surface area contributed by atoms with Crippen LogP contribution in [0.25, 0.3) is 0 Å². The van der Waals surface area contributed by atoms with Gasteiger partial charge in [-0.3, -0.25) is 0 Å². The van der Waals surface area contributed by atoms with E-state index in [0.29, 0.717) is 18.9 Å². The van der Waals surface area contributed by atoms with E-state index in [4.69, 9.17) is 15.0 Å². The topological polar surface area (TPSA) is 61.3 Å². The molecular formula is C13H14Br2N2O2. The number of halogens is 2. The lowest BCUT2D eigenvalue weighted by Crippen LogP contribution is -2.03. The molecule has 0 radical (unpaired) electrons. The minimum absolute atomic E-state index is 0.342. The highest BCUT2D eigenvalue weighted by Gasteiger charge is 2.10. The molecule has 1 heterocycles. The largest absolute Gasteiger partial charge is 0.483 e. The predicted molar refractivity (Wildman–Crippen MR) is 80.2 cm³/mol. The zero-order chi connectivity index (χ0) is 13.8. The van der Waals surface area contributed by atoms with Crippen LogP contribution in [0.4, 0.5) is 0 Å². The molecule has 102 valence electrons. The summed E-state index contributed by atoms with van der Waals surface area (Å²) in [5.74, 6) is 1.44. The summed E-state index contributed by atoms with van der Waals surface area (Å²) in [5, 5.41) is 3.82. The number of ether oxygens (including phenoxy) is 1. The number of aromatic nitrogens is 1. The minimum Gasteiger partial charge on any atom is -0.483 e. The Hall–Kier alpha value is -0.850. The first-order valence-electron chi connectivity index (χ1n) is 5.83. The van der Waals surface area contributed by atoms with Gasteiger partial charge in [0.25, 0.3) is 0 Å². The Kier molecular flexibility index (Phi) is 5.01. The summed E-state index contributed by atoms with van der Waals surface area (Å²) in [6.45, 7) is 2.84. The number of aryl methyl sites for hydroxylation is 1. The fourth-order valence-electron chi connectivity index (χ4n) is 1.69. The quantitative estimate of drug-likeness (QED) is 0.848. The molecule has 0 aliphatic carbocycles. The molecule has 0 atom stereocenters. The van der Waals surface area contributed by atoms with Crippen molar-refractivity contribution in [3.05, 3.63) is 44.2 Å². The number of hydrogen-bond donors (Lipinski definition) is 1. The maximum Gasteiger partial charge on any atom is 0.174 e. The summed E-state index contributed by atoms with van der Waals surface area (Å²) in [5.41, 5.74) is 7.55. The first-order chi connectivity index (χ1) is 9.10. The summed E-state index contributed by atoms with van der Waals surface area (Å²) in [7, 11) is 0. The first kappa shape index (κ1) is 14.6. The van der Waals surface area contributed by atoms with Crippen LogP contribution in [0.15, 0.2) is 31.7 Å². The second kappa shape index (κ2) is 6.54. The van der Waals surface area contributed by atoms with E-state index >= 15 is 0 Å². The molecule has 0 saturated carbocycles. The second-order valence-corrected chi connectivity index (χ2v) is 5.86. The summed E-state index contributed by atoms with van der Waals surface area (Å²) >= 11 is 7.01. The average molecular weight is 390 g/mol. The Bertz CT molecular complexity index is 547. The molecule has 19 heavy (non-hydrogen) atoms. The number of benzene rings is 1. The molecule has 0 aliphatic heterocycles. The van der Waals surface area contributed by atoms with Crippen molar-refractivity contribution < 1.29 is 9.26 Å². The predicted octanol–water partition coefficient (Wildman–Crippen LogP) is 3.59. The third kappa shape index (κ3) is 3.81. The van der Waals surface area contributed by atoms with Crippen LogP contribution in [-0.2, 0) is 13.0 Å². The molecule has 0 amide bonds. The third-order valence-electron chi connectivity index (χ3n) is 2.53. The van der Waals surface area contributed by atoms with Crippen LogP contribution < -0.4 is 10.5 Å². The number of rotatable bonds is 5. The Balaban J connectivity index is 2.11. The van der Waals surface area contributed by atoms with Gasteiger partial charge >= 0.3 is 0 Å². The zero-order valence-corrected chi connectivity index (χ0v) is 13.6. The Labute approximate surface area is 128 Å². The van der Waals surface area contributed by atoms with Crippen molar-refractivity contribution in [3.8, 4) is 5.75 Å². The Morgan fingerprint density at radius 2 is 1.95 bits per heavy atom. The van der Waals surface area contributed by atoms with E-state index in [2.05, 4.69) is 37.0 Å². The van der Waals surface area contributed by atoms with Gasteiger partial charge in [0.1, 0.15) is 12.4 Å². The van der Waals surface area contributed by atoms with Crippen molar-refractivity contribution in [1.82, 2.24) is 5.16 Å². The van der Waals surface area contributed by atoms with Crippen molar-refractivity contribution >= 4 is 31.9 Å². The van der Waals surface area contributed by atoms with Gasteiger partial charge < -0.3 is 15.0 Å². The number of hydrogen-bond acceptors (Lipinski definition) is 4. The standard InChI is InChI=1S/C13H14Br2N2O2/c1-8-4-10(19-17-8)7-18-13-11(14)5-9(2-3-16)6-12(13)15/h4-6H,2-3,7,16H2,1H3. The van der Waals surface area contributed by atoms with E-state index in [1.807, 2.05) is 25.1 Å². The van der Waals surface area contributed by atoms with Crippen molar-refractivity contribution in [3.63, 3.8) is 0 Å². The maximum absolute atomic E-state index is 5.74. The van der Waals surface area contributed by atoms with Crippen molar-refractivity contribution in [2.75, 3.05) is 6.54 Å². The molecule has 6 heteroatoms. The summed E-state index contributed by atoms with van der Waals surface area (Å²) in [6, 6.07) is 5.88. The van der Waals surface area contributed by atoms with Gasteiger partial charge in [-0.2, -0.15) is 0 Å². The third-order valence-corrected chi connectivity index (χ3v) is 3.70. The van der Waals surface area contributed by atoms with Crippen LogP contribution in [-0.4, -0.2) is 11.7 Å². The van der Waals surface area contributed by atoms with Crippen LogP contribution >= 0.6 is 31.9 Å². The van der Waals surface area contributed by atoms with Crippen molar-refractivity contribution in [1.29, 1.82) is 0 Å². The minimum atomic E-state index is 0.342. The molecule has 0 aliphatic rings. The molecule has 0 unspecified atom stereocenters. The molecule has 0 spiro atoms. The van der Waals surface area contributed by atoms with Crippen LogP contribution in [0.5, 0.6) is 5.75 Å². The van der Waals surface area contributed by atoms with Crippen molar-refractivity contribution in [2.24, 2.45) is 5.73 Å². The molecule has 0 fully saturated rings. The summed E-state index contributed by atoms with van der Waals surface area (Å²) in [6.07, 6.45) is 0.832. The van der Waals surface area contributed by atoms with Gasteiger partial charge in [-0.05, 0) is 69.4 Å². The van der Waals surface area contributed by atoms with E-state index < -0.39 is 0 Å². The second-order valence-electron chi connectivity index (χ2n) is 4.15. The van der Waals surface area contributed by atoms with Gasteiger partial charge in [0, 0.05) is 6.07 Å². The van der Waals surface area contributed by atoms with Crippen LogP contribution in [0.2, 0.25) is 0 Å². The molecule has 2 aromatic rings. The van der Waals surface area contributed by atoms with Gasteiger partial charge in [-0.25, -0.2) is 0 Å². The van der Waals surface area contributed by atoms with Gasteiger partial charge in [0.05, 0.1) is 14.6 Å². The zero-order valence-electron chi connectivity index (χ0n) is 10.5. The van der Waals surface area contributed by atoms with Gasteiger partial charge in [-0.15, -0.1) is 0 Å².